The van der Waals surface area contributed by atoms with Gasteiger partial charge in [-0.2, -0.15) is 11.8 Å². The summed E-state index contributed by atoms with van der Waals surface area (Å²) >= 11 is 2.11. The van der Waals surface area contributed by atoms with Gasteiger partial charge in [0.1, 0.15) is 0 Å². The third-order valence-corrected chi connectivity index (χ3v) is 3.98. The third-order valence-electron chi connectivity index (χ3n) is 2.50. The van der Waals surface area contributed by atoms with Gasteiger partial charge in [-0.05, 0) is 29.3 Å². The van der Waals surface area contributed by atoms with Gasteiger partial charge in [0.05, 0.1) is 0 Å². The van der Waals surface area contributed by atoms with Crippen LogP contribution in [0.3, 0.4) is 0 Å². The second-order valence-electron chi connectivity index (χ2n) is 3.73. The van der Waals surface area contributed by atoms with Gasteiger partial charge in [0, 0.05) is 0 Å². The van der Waals surface area contributed by atoms with Gasteiger partial charge in [-0.3, -0.25) is 0 Å². The van der Waals surface area contributed by atoms with Crippen molar-refractivity contribution >= 4 is 11.8 Å². The first-order chi connectivity index (χ1) is 6.13. The molecule has 1 fully saturated rings. The first kappa shape index (κ1) is 15.8. The highest BCUT2D eigenvalue weighted by atomic mass is 32.2. The molecule has 0 spiro atoms. The van der Waals surface area contributed by atoms with E-state index in [4.69, 9.17) is 0 Å². The number of rotatable bonds is 0. The molecule has 13 heavy (non-hydrogen) atoms. The van der Waals surface area contributed by atoms with Crippen LogP contribution in [0, 0.1) is 11.3 Å². The van der Waals surface area contributed by atoms with Gasteiger partial charge in [0.25, 0.3) is 0 Å². The first-order valence-electron chi connectivity index (χ1n) is 5.71. The fourth-order valence-electron chi connectivity index (χ4n) is 1.13. The Morgan fingerprint density at radius 2 is 1.54 bits per heavy atom. The maximum atomic E-state index is 2.38. The summed E-state index contributed by atoms with van der Waals surface area (Å²) in [5.74, 6) is 3.66. The van der Waals surface area contributed by atoms with E-state index in [-0.39, 0.29) is 0 Å². The molecule has 1 aliphatic rings. The molecule has 0 amide bonds. The zero-order chi connectivity index (χ0) is 10.9. The van der Waals surface area contributed by atoms with Crippen molar-refractivity contribution in [3.05, 3.63) is 0 Å². The number of hydrogen-bond acceptors (Lipinski definition) is 1. The van der Waals surface area contributed by atoms with Gasteiger partial charge >= 0.3 is 0 Å². The lowest BCUT2D eigenvalue weighted by atomic mass is 9.80. The smallest absolute Gasteiger partial charge is 0.00135 e. The van der Waals surface area contributed by atoms with Crippen LogP contribution in [-0.4, -0.2) is 11.5 Å². The van der Waals surface area contributed by atoms with E-state index in [2.05, 4.69) is 32.5 Å². The largest absolute Gasteiger partial charge is 0.161 e. The van der Waals surface area contributed by atoms with E-state index in [1.807, 2.05) is 27.7 Å². The van der Waals surface area contributed by atoms with Crippen molar-refractivity contribution < 1.29 is 0 Å². The van der Waals surface area contributed by atoms with Crippen molar-refractivity contribution in [3.8, 4) is 0 Å². The van der Waals surface area contributed by atoms with Crippen LogP contribution in [0.25, 0.3) is 0 Å². The SMILES string of the molecule is CC.CC.CC1CCSCC1(C)C. The quantitative estimate of drug-likeness (QED) is 0.544. The molecular formula is C12H28S. The maximum Gasteiger partial charge on any atom is -0.00135 e. The Labute approximate surface area is 89.9 Å². The van der Waals surface area contributed by atoms with Gasteiger partial charge in [-0.25, -0.2) is 0 Å². The average molecular weight is 204 g/mol. The summed E-state index contributed by atoms with van der Waals surface area (Å²) in [6.07, 6.45) is 1.41. The minimum Gasteiger partial charge on any atom is -0.161 e. The molecule has 0 N–H and O–H groups in total. The predicted molar refractivity (Wildman–Crippen MR) is 67.6 cm³/mol. The monoisotopic (exact) mass is 204 g/mol. The molecule has 0 aliphatic carbocycles. The molecule has 0 saturated carbocycles. The normalized spacial score (nSPS) is 24.7. The zero-order valence-corrected chi connectivity index (χ0v) is 11.4. The lowest BCUT2D eigenvalue weighted by Gasteiger charge is -2.35. The third kappa shape index (κ3) is 6.42. The molecule has 0 aromatic carbocycles. The molecule has 1 aliphatic heterocycles. The standard InChI is InChI=1S/C8H16S.2C2H6/c1-7-4-5-9-6-8(7,2)3;2*1-2/h7H,4-6H2,1-3H3;2*1-2H3. The summed E-state index contributed by atoms with van der Waals surface area (Å²) < 4.78 is 0. The molecule has 82 valence electrons. The van der Waals surface area contributed by atoms with Gasteiger partial charge in [-0.1, -0.05) is 48.5 Å². The molecule has 0 nitrogen and oxygen atoms in total. The first-order valence-corrected chi connectivity index (χ1v) is 6.86. The molecule has 1 unspecified atom stereocenters. The van der Waals surface area contributed by atoms with Crippen molar-refractivity contribution in [1.29, 1.82) is 0 Å². The Bertz CT molecular complexity index is 97.3. The van der Waals surface area contributed by atoms with E-state index in [0.29, 0.717) is 5.41 Å². The van der Waals surface area contributed by atoms with Crippen LogP contribution >= 0.6 is 11.8 Å². The number of thioether (sulfide) groups is 1. The highest BCUT2D eigenvalue weighted by Crippen LogP contribution is 2.37. The van der Waals surface area contributed by atoms with Crippen LogP contribution in [-0.2, 0) is 0 Å². The van der Waals surface area contributed by atoms with E-state index in [1.165, 1.54) is 17.9 Å². The molecule has 0 aromatic rings. The van der Waals surface area contributed by atoms with Gasteiger partial charge in [-0.15, -0.1) is 0 Å². The molecule has 1 atom stereocenters. The highest BCUT2D eigenvalue weighted by molar-refractivity contribution is 7.99. The summed E-state index contributed by atoms with van der Waals surface area (Å²) in [5.41, 5.74) is 0.600. The van der Waals surface area contributed by atoms with Crippen LogP contribution in [0.5, 0.6) is 0 Å². The Balaban J connectivity index is 0. The molecule has 1 rings (SSSR count). The van der Waals surface area contributed by atoms with Crippen LogP contribution < -0.4 is 0 Å². The minimum atomic E-state index is 0.600. The summed E-state index contributed by atoms with van der Waals surface area (Å²) in [4.78, 5) is 0. The van der Waals surface area contributed by atoms with Crippen LogP contribution in [0.1, 0.15) is 54.9 Å². The second-order valence-corrected chi connectivity index (χ2v) is 4.84. The van der Waals surface area contributed by atoms with Crippen molar-refractivity contribution in [3.63, 3.8) is 0 Å². The van der Waals surface area contributed by atoms with Crippen molar-refractivity contribution in [2.45, 2.75) is 54.9 Å². The van der Waals surface area contributed by atoms with Crippen LogP contribution in [0.2, 0.25) is 0 Å². The highest BCUT2D eigenvalue weighted by Gasteiger charge is 2.28. The minimum absolute atomic E-state index is 0.600. The van der Waals surface area contributed by atoms with Gasteiger partial charge < -0.3 is 0 Å². The molecular weight excluding hydrogens is 176 g/mol. The Morgan fingerprint density at radius 3 is 1.77 bits per heavy atom. The number of hydrogen-bond donors (Lipinski definition) is 0. The fraction of sp³-hybridized carbons (Fsp3) is 1.00. The predicted octanol–water partition coefficient (Wildman–Crippen LogP) is 4.84. The molecule has 1 saturated heterocycles. The summed E-state index contributed by atoms with van der Waals surface area (Å²) in [7, 11) is 0. The molecule has 1 heteroatoms. The molecule has 0 bridgehead atoms. The lowest BCUT2D eigenvalue weighted by molar-refractivity contribution is 0.255. The van der Waals surface area contributed by atoms with E-state index < -0.39 is 0 Å². The van der Waals surface area contributed by atoms with Crippen LogP contribution in [0.15, 0.2) is 0 Å². The Kier molecular flexibility index (Phi) is 10.9. The molecule has 0 aromatic heterocycles. The van der Waals surface area contributed by atoms with E-state index in [1.54, 1.807) is 0 Å². The van der Waals surface area contributed by atoms with E-state index in [9.17, 15) is 0 Å². The fourth-order valence-corrected chi connectivity index (χ4v) is 2.60. The van der Waals surface area contributed by atoms with Crippen molar-refractivity contribution in [1.82, 2.24) is 0 Å². The molecule has 0 radical (unpaired) electrons. The average Bonchev–Trinajstić information content (AvgIpc) is 2.17. The van der Waals surface area contributed by atoms with Gasteiger partial charge in [0.2, 0.25) is 0 Å². The summed E-state index contributed by atoms with van der Waals surface area (Å²) in [5, 5.41) is 0. The maximum absolute atomic E-state index is 2.38. The Morgan fingerprint density at radius 1 is 1.08 bits per heavy atom. The zero-order valence-electron chi connectivity index (χ0n) is 10.6. The topological polar surface area (TPSA) is 0 Å². The molecule has 1 heterocycles. The van der Waals surface area contributed by atoms with Crippen LogP contribution in [0.4, 0.5) is 0 Å². The summed E-state index contributed by atoms with van der Waals surface area (Å²) in [6, 6.07) is 0. The van der Waals surface area contributed by atoms with Gasteiger partial charge in [0.15, 0.2) is 0 Å². The lowest BCUT2D eigenvalue weighted by Crippen LogP contribution is -2.28. The van der Waals surface area contributed by atoms with Crippen molar-refractivity contribution in [2.24, 2.45) is 11.3 Å². The Hall–Kier alpha value is 0.350. The van der Waals surface area contributed by atoms with Crippen molar-refractivity contribution in [2.75, 3.05) is 11.5 Å². The van der Waals surface area contributed by atoms with E-state index in [0.717, 1.165) is 5.92 Å². The van der Waals surface area contributed by atoms with E-state index >= 15 is 0 Å². The second kappa shape index (κ2) is 8.93. The summed E-state index contributed by atoms with van der Waals surface area (Å²) in [6.45, 7) is 15.1.